The molecule has 1 aliphatic rings. The molecule has 1 aromatic carbocycles. The highest BCUT2D eigenvalue weighted by Gasteiger charge is 2.23. The summed E-state index contributed by atoms with van der Waals surface area (Å²) in [5.74, 6) is -0.605. The molecule has 0 spiro atoms. The maximum atomic E-state index is 11.2. The predicted molar refractivity (Wildman–Crippen MR) is 64.5 cm³/mol. The number of hydrogen-bond donors (Lipinski definition) is 1. The molecule has 0 bridgehead atoms. The van der Waals surface area contributed by atoms with Gasteiger partial charge in [0.05, 0.1) is 18.8 Å². The van der Waals surface area contributed by atoms with E-state index in [0.29, 0.717) is 5.02 Å². The molecule has 2 rings (SSSR count). The summed E-state index contributed by atoms with van der Waals surface area (Å²) >= 11 is 9.24. The second-order valence-corrected chi connectivity index (χ2v) is 4.71. The van der Waals surface area contributed by atoms with E-state index in [9.17, 15) is 9.59 Å². The first kappa shape index (κ1) is 11.4. The van der Waals surface area contributed by atoms with Crippen LogP contribution >= 0.6 is 27.5 Å². The first-order chi connectivity index (χ1) is 7.56. The highest BCUT2D eigenvalue weighted by Crippen LogP contribution is 2.29. The van der Waals surface area contributed by atoms with Crippen LogP contribution in [0.15, 0.2) is 22.7 Å². The first-order valence-corrected chi connectivity index (χ1v) is 5.76. The Hall–Kier alpha value is -1.07. The van der Waals surface area contributed by atoms with Crippen molar-refractivity contribution in [2.75, 3.05) is 18.0 Å². The van der Waals surface area contributed by atoms with Crippen molar-refractivity contribution in [3.63, 3.8) is 0 Å². The van der Waals surface area contributed by atoms with Crippen molar-refractivity contribution < 1.29 is 9.59 Å². The van der Waals surface area contributed by atoms with Gasteiger partial charge >= 0.3 is 0 Å². The fourth-order valence-electron chi connectivity index (χ4n) is 1.54. The lowest BCUT2D eigenvalue weighted by molar-refractivity contribution is -0.130. The average molecular weight is 304 g/mol. The van der Waals surface area contributed by atoms with Crippen LogP contribution in [0.3, 0.4) is 0 Å². The van der Waals surface area contributed by atoms with E-state index in [1.54, 1.807) is 23.1 Å². The second-order valence-electron chi connectivity index (χ2n) is 3.42. The van der Waals surface area contributed by atoms with E-state index >= 15 is 0 Å². The monoisotopic (exact) mass is 302 g/mol. The van der Waals surface area contributed by atoms with Gasteiger partial charge in [-0.2, -0.15) is 0 Å². The normalized spacial score (nSPS) is 16.2. The van der Waals surface area contributed by atoms with Crippen LogP contribution in [0, 0.1) is 0 Å². The van der Waals surface area contributed by atoms with Gasteiger partial charge in [0, 0.05) is 9.50 Å². The van der Waals surface area contributed by atoms with E-state index < -0.39 is 0 Å². The number of carbonyl (C=O) groups excluding carboxylic acids is 2. The van der Waals surface area contributed by atoms with Crippen LogP contribution in [0.2, 0.25) is 5.02 Å². The van der Waals surface area contributed by atoms with E-state index in [2.05, 4.69) is 21.2 Å². The van der Waals surface area contributed by atoms with Gasteiger partial charge in [0.2, 0.25) is 11.8 Å². The van der Waals surface area contributed by atoms with Crippen LogP contribution in [0.5, 0.6) is 0 Å². The molecule has 0 unspecified atom stereocenters. The van der Waals surface area contributed by atoms with Crippen molar-refractivity contribution in [2.24, 2.45) is 0 Å². The number of amides is 2. The minimum absolute atomic E-state index is 0.157. The number of rotatable bonds is 1. The molecule has 0 aromatic heterocycles. The topological polar surface area (TPSA) is 49.4 Å². The third kappa shape index (κ3) is 2.36. The largest absolute Gasteiger partial charge is 0.352 e. The molecule has 0 aliphatic carbocycles. The summed E-state index contributed by atoms with van der Waals surface area (Å²) in [4.78, 5) is 24.1. The SMILES string of the molecule is O=C1CN(c2cc(Cl)ccc2Br)CC(=O)N1. The Bertz CT molecular complexity index is 448. The maximum Gasteiger partial charge on any atom is 0.246 e. The number of nitrogens with one attached hydrogen (secondary N) is 1. The molecule has 1 saturated heterocycles. The van der Waals surface area contributed by atoms with Crippen LogP contribution in [0.1, 0.15) is 0 Å². The molecule has 1 heterocycles. The van der Waals surface area contributed by atoms with Gasteiger partial charge in [-0.3, -0.25) is 14.9 Å². The quantitative estimate of drug-likeness (QED) is 0.801. The van der Waals surface area contributed by atoms with Crippen molar-refractivity contribution in [3.05, 3.63) is 27.7 Å². The zero-order valence-electron chi connectivity index (χ0n) is 8.17. The zero-order valence-corrected chi connectivity index (χ0v) is 10.5. The van der Waals surface area contributed by atoms with Crippen LogP contribution in [0.25, 0.3) is 0 Å². The van der Waals surface area contributed by atoms with E-state index in [4.69, 9.17) is 11.6 Å². The molecular weight excluding hydrogens is 295 g/mol. The number of benzene rings is 1. The summed E-state index contributed by atoms with van der Waals surface area (Å²) in [5.41, 5.74) is 0.746. The molecule has 0 radical (unpaired) electrons. The Balaban J connectivity index is 2.32. The van der Waals surface area contributed by atoms with Crippen LogP contribution in [0.4, 0.5) is 5.69 Å². The summed E-state index contributed by atoms with van der Waals surface area (Å²) < 4.78 is 0.805. The number of halogens is 2. The Morgan fingerprint density at radius 3 is 2.50 bits per heavy atom. The number of piperazine rings is 1. The van der Waals surface area contributed by atoms with Crippen molar-refractivity contribution in [1.29, 1.82) is 0 Å². The molecule has 0 saturated carbocycles. The molecule has 4 nitrogen and oxygen atoms in total. The van der Waals surface area contributed by atoms with E-state index in [-0.39, 0.29) is 24.9 Å². The van der Waals surface area contributed by atoms with Crippen molar-refractivity contribution in [2.45, 2.75) is 0 Å². The van der Waals surface area contributed by atoms with Gasteiger partial charge in [-0.05, 0) is 34.1 Å². The van der Waals surface area contributed by atoms with Crippen LogP contribution in [-0.4, -0.2) is 24.9 Å². The number of hydrogen-bond acceptors (Lipinski definition) is 3. The van der Waals surface area contributed by atoms with E-state index in [0.717, 1.165) is 10.2 Å². The van der Waals surface area contributed by atoms with Gasteiger partial charge in [-0.25, -0.2) is 0 Å². The number of imide groups is 1. The molecule has 16 heavy (non-hydrogen) atoms. The Kier molecular flexibility index (Phi) is 3.16. The van der Waals surface area contributed by atoms with Crippen LogP contribution in [-0.2, 0) is 9.59 Å². The number of nitrogens with zero attached hydrogens (tertiary/aromatic N) is 1. The Labute approximate surface area is 106 Å². The number of carbonyl (C=O) groups is 2. The molecule has 1 fully saturated rings. The van der Waals surface area contributed by atoms with Gasteiger partial charge in [0.25, 0.3) is 0 Å². The lowest BCUT2D eigenvalue weighted by atomic mass is 10.2. The number of anilines is 1. The fourth-order valence-corrected chi connectivity index (χ4v) is 2.20. The lowest BCUT2D eigenvalue weighted by Crippen LogP contribution is -2.51. The van der Waals surface area contributed by atoms with Crippen molar-refractivity contribution in [3.8, 4) is 0 Å². The van der Waals surface area contributed by atoms with Crippen LogP contribution < -0.4 is 10.2 Å². The maximum absolute atomic E-state index is 11.2. The van der Waals surface area contributed by atoms with Gasteiger partial charge in [0.1, 0.15) is 0 Å². The first-order valence-electron chi connectivity index (χ1n) is 4.59. The highest BCUT2D eigenvalue weighted by atomic mass is 79.9. The Morgan fingerprint density at radius 2 is 1.88 bits per heavy atom. The Morgan fingerprint density at radius 1 is 1.25 bits per heavy atom. The minimum Gasteiger partial charge on any atom is -0.352 e. The molecule has 1 aliphatic heterocycles. The summed E-state index contributed by atoms with van der Waals surface area (Å²) in [6, 6.07) is 5.24. The molecule has 0 atom stereocenters. The summed E-state index contributed by atoms with van der Waals surface area (Å²) in [7, 11) is 0. The molecule has 2 amide bonds. The fraction of sp³-hybridized carbons (Fsp3) is 0.200. The predicted octanol–water partition coefficient (Wildman–Crippen LogP) is 1.57. The van der Waals surface area contributed by atoms with Gasteiger partial charge in [-0.15, -0.1) is 0 Å². The second kappa shape index (κ2) is 4.43. The lowest BCUT2D eigenvalue weighted by Gasteiger charge is -2.28. The zero-order chi connectivity index (χ0) is 11.7. The van der Waals surface area contributed by atoms with Crippen molar-refractivity contribution >= 4 is 45.0 Å². The van der Waals surface area contributed by atoms with E-state index in [1.807, 2.05) is 0 Å². The van der Waals surface area contributed by atoms with Crippen molar-refractivity contribution in [1.82, 2.24) is 5.32 Å². The molecule has 6 heteroatoms. The van der Waals surface area contributed by atoms with Gasteiger partial charge < -0.3 is 4.90 Å². The molecule has 1 N–H and O–H groups in total. The van der Waals surface area contributed by atoms with E-state index in [1.165, 1.54) is 0 Å². The molecular formula is C10H8BrClN2O2. The standard InChI is InChI=1S/C10H8BrClN2O2/c11-7-2-1-6(12)3-8(7)14-4-9(15)13-10(16)5-14/h1-3H,4-5H2,(H,13,15,16). The molecule has 84 valence electrons. The highest BCUT2D eigenvalue weighted by molar-refractivity contribution is 9.10. The third-order valence-electron chi connectivity index (χ3n) is 2.20. The smallest absolute Gasteiger partial charge is 0.246 e. The van der Waals surface area contributed by atoms with Gasteiger partial charge in [0.15, 0.2) is 0 Å². The summed E-state index contributed by atoms with van der Waals surface area (Å²) in [6.45, 7) is 0.315. The summed E-state index contributed by atoms with van der Waals surface area (Å²) in [5, 5.41) is 2.81. The minimum atomic E-state index is -0.303. The van der Waals surface area contributed by atoms with Gasteiger partial charge in [-0.1, -0.05) is 11.6 Å². The third-order valence-corrected chi connectivity index (χ3v) is 3.10. The summed E-state index contributed by atoms with van der Waals surface area (Å²) in [6.07, 6.45) is 0. The average Bonchev–Trinajstić information content (AvgIpc) is 2.20. The molecule has 1 aromatic rings.